The molecule has 0 aromatic heterocycles. The Balaban J connectivity index is 2.72. The van der Waals surface area contributed by atoms with Crippen LogP contribution in [0.5, 0.6) is 0 Å². The summed E-state index contributed by atoms with van der Waals surface area (Å²) in [4.78, 5) is 12.1. The first-order chi connectivity index (χ1) is 8.54. The summed E-state index contributed by atoms with van der Waals surface area (Å²) in [5.41, 5.74) is 1.61. The zero-order valence-corrected chi connectivity index (χ0v) is 11.8. The lowest BCUT2D eigenvalue weighted by atomic mass is 10.1. The van der Waals surface area contributed by atoms with Gasteiger partial charge >= 0.3 is 0 Å². The second-order valence-electron chi connectivity index (χ2n) is 5.07. The highest BCUT2D eigenvalue weighted by Gasteiger charge is 2.11. The number of rotatable bonds is 6. The number of carbonyl (C=O) groups is 1. The zero-order chi connectivity index (χ0) is 13.5. The normalized spacial score (nSPS) is 12.3. The molecule has 0 heterocycles. The molecule has 1 aromatic carbocycles. The van der Waals surface area contributed by atoms with Gasteiger partial charge in [0.25, 0.3) is 5.91 Å². The first kappa shape index (κ1) is 14.6. The van der Waals surface area contributed by atoms with E-state index in [9.17, 15) is 4.79 Å². The molecule has 1 atom stereocenters. The van der Waals surface area contributed by atoms with Crippen LogP contribution in [-0.4, -0.2) is 18.5 Å². The summed E-state index contributed by atoms with van der Waals surface area (Å²) in [6.07, 6.45) is 1.08. The van der Waals surface area contributed by atoms with Gasteiger partial charge in [0.15, 0.2) is 0 Å². The molecule has 3 heteroatoms. The highest BCUT2D eigenvalue weighted by Crippen LogP contribution is 2.16. The topological polar surface area (TPSA) is 41.1 Å². The molecule has 100 valence electrons. The van der Waals surface area contributed by atoms with Crippen molar-refractivity contribution in [3.05, 3.63) is 29.8 Å². The fraction of sp³-hybridized carbons (Fsp3) is 0.533. The standard InChI is InChI=1S/C15H24N2O/c1-5-12(4)10-16-15(18)13-8-6-7-9-14(13)17-11(2)3/h6-9,11-12,17H,5,10H2,1-4H3,(H,16,18). The van der Waals surface area contributed by atoms with Crippen LogP contribution in [0.4, 0.5) is 5.69 Å². The quantitative estimate of drug-likeness (QED) is 0.811. The van der Waals surface area contributed by atoms with Gasteiger partial charge in [0, 0.05) is 18.3 Å². The van der Waals surface area contributed by atoms with Gasteiger partial charge < -0.3 is 10.6 Å². The highest BCUT2D eigenvalue weighted by molar-refractivity contribution is 5.99. The molecule has 0 aliphatic carbocycles. The molecular weight excluding hydrogens is 224 g/mol. The number of anilines is 1. The van der Waals surface area contributed by atoms with Gasteiger partial charge in [-0.25, -0.2) is 0 Å². The summed E-state index contributed by atoms with van der Waals surface area (Å²) >= 11 is 0. The van der Waals surface area contributed by atoms with Crippen molar-refractivity contribution >= 4 is 11.6 Å². The van der Waals surface area contributed by atoms with Crippen molar-refractivity contribution < 1.29 is 4.79 Å². The molecule has 3 nitrogen and oxygen atoms in total. The lowest BCUT2D eigenvalue weighted by Crippen LogP contribution is -2.29. The van der Waals surface area contributed by atoms with E-state index in [0.29, 0.717) is 12.0 Å². The molecule has 2 N–H and O–H groups in total. The fourth-order valence-electron chi connectivity index (χ4n) is 1.62. The second-order valence-corrected chi connectivity index (χ2v) is 5.07. The fourth-order valence-corrected chi connectivity index (χ4v) is 1.62. The van der Waals surface area contributed by atoms with Gasteiger partial charge in [0.05, 0.1) is 5.56 Å². The smallest absolute Gasteiger partial charge is 0.253 e. The molecule has 0 bridgehead atoms. The maximum absolute atomic E-state index is 12.1. The van der Waals surface area contributed by atoms with E-state index >= 15 is 0 Å². The van der Waals surface area contributed by atoms with Gasteiger partial charge in [-0.15, -0.1) is 0 Å². The molecule has 1 rings (SSSR count). The monoisotopic (exact) mass is 248 g/mol. The van der Waals surface area contributed by atoms with E-state index in [-0.39, 0.29) is 5.91 Å². The number of carbonyl (C=O) groups excluding carboxylic acids is 1. The number of hydrogen-bond acceptors (Lipinski definition) is 2. The molecule has 18 heavy (non-hydrogen) atoms. The van der Waals surface area contributed by atoms with E-state index in [4.69, 9.17) is 0 Å². The van der Waals surface area contributed by atoms with Crippen molar-refractivity contribution in [2.45, 2.75) is 40.2 Å². The molecule has 0 radical (unpaired) electrons. The van der Waals surface area contributed by atoms with E-state index in [2.05, 4.69) is 38.3 Å². The van der Waals surface area contributed by atoms with Crippen LogP contribution in [0.1, 0.15) is 44.5 Å². The summed E-state index contributed by atoms with van der Waals surface area (Å²) in [5, 5.41) is 6.28. The van der Waals surface area contributed by atoms with Gasteiger partial charge in [0.1, 0.15) is 0 Å². The summed E-state index contributed by atoms with van der Waals surface area (Å²) in [7, 11) is 0. The summed E-state index contributed by atoms with van der Waals surface area (Å²) in [5.74, 6) is 0.512. The Morgan fingerprint density at radius 3 is 2.50 bits per heavy atom. The van der Waals surface area contributed by atoms with E-state index in [1.54, 1.807) is 0 Å². The van der Waals surface area contributed by atoms with Crippen molar-refractivity contribution in [2.75, 3.05) is 11.9 Å². The van der Waals surface area contributed by atoms with Crippen molar-refractivity contribution in [3.63, 3.8) is 0 Å². The second kappa shape index (κ2) is 7.04. The molecule has 0 aliphatic rings. The molecule has 0 saturated heterocycles. The first-order valence-electron chi connectivity index (χ1n) is 6.68. The van der Waals surface area contributed by atoms with E-state index < -0.39 is 0 Å². The predicted octanol–water partition coefficient (Wildman–Crippen LogP) is 3.28. The molecular formula is C15H24N2O. The lowest BCUT2D eigenvalue weighted by molar-refractivity contribution is 0.0948. The Morgan fingerprint density at radius 2 is 1.89 bits per heavy atom. The van der Waals surface area contributed by atoms with Gasteiger partial charge in [-0.3, -0.25) is 4.79 Å². The predicted molar refractivity (Wildman–Crippen MR) is 77.0 cm³/mol. The molecule has 0 spiro atoms. The Bertz CT molecular complexity index is 388. The molecule has 1 aromatic rings. The minimum atomic E-state index is -0.000880. The summed E-state index contributed by atoms with van der Waals surface area (Å²) in [6, 6.07) is 7.95. The average Bonchev–Trinajstić information content (AvgIpc) is 2.35. The minimum absolute atomic E-state index is 0.000880. The third-order valence-electron chi connectivity index (χ3n) is 2.92. The molecule has 0 saturated carbocycles. The minimum Gasteiger partial charge on any atom is -0.382 e. The maximum Gasteiger partial charge on any atom is 0.253 e. The van der Waals surface area contributed by atoms with Crippen LogP contribution < -0.4 is 10.6 Å². The molecule has 0 fully saturated rings. The van der Waals surface area contributed by atoms with Crippen LogP contribution in [-0.2, 0) is 0 Å². The van der Waals surface area contributed by atoms with Crippen molar-refractivity contribution in [3.8, 4) is 0 Å². The number of benzene rings is 1. The maximum atomic E-state index is 12.1. The summed E-state index contributed by atoms with van der Waals surface area (Å²) < 4.78 is 0. The number of hydrogen-bond donors (Lipinski definition) is 2. The van der Waals surface area contributed by atoms with E-state index in [1.807, 2.05) is 24.3 Å². The van der Waals surface area contributed by atoms with Crippen LogP contribution in [0.3, 0.4) is 0 Å². The lowest BCUT2D eigenvalue weighted by Gasteiger charge is -2.15. The molecule has 1 unspecified atom stereocenters. The number of para-hydroxylation sites is 1. The number of amides is 1. The summed E-state index contributed by atoms with van der Waals surface area (Å²) in [6.45, 7) is 9.12. The van der Waals surface area contributed by atoms with Crippen molar-refractivity contribution in [1.82, 2.24) is 5.32 Å². The van der Waals surface area contributed by atoms with Gasteiger partial charge in [-0.1, -0.05) is 32.4 Å². The number of nitrogens with one attached hydrogen (secondary N) is 2. The van der Waals surface area contributed by atoms with Gasteiger partial charge in [-0.2, -0.15) is 0 Å². The average molecular weight is 248 g/mol. The van der Waals surface area contributed by atoms with E-state index in [1.165, 1.54) is 0 Å². The SMILES string of the molecule is CCC(C)CNC(=O)c1ccccc1NC(C)C. The van der Waals surface area contributed by atoms with E-state index in [0.717, 1.165) is 24.2 Å². The molecule has 0 aliphatic heterocycles. The highest BCUT2D eigenvalue weighted by atomic mass is 16.1. The Kier molecular flexibility index (Phi) is 5.69. The Labute approximate surface area is 110 Å². The Morgan fingerprint density at radius 1 is 1.22 bits per heavy atom. The van der Waals surface area contributed by atoms with Crippen LogP contribution in [0.15, 0.2) is 24.3 Å². The van der Waals surface area contributed by atoms with Gasteiger partial charge in [0.2, 0.25) is 0 Å². The zero-order valence-electron chi connectivity index (χ0n) is 11.8. The third kappa shape index (κ3) is 4.40. The first-order valence-corrected chi connectivity index (χ1v) is 6.68. The van der Waals surface area contributed by atoms with Crippen LogP contribution in [0.25, 0.3) is 0 Å². The third-order valence-corrected chi connectivity index (χ3v) is 2.92. The molecule has 1 amide bonds. The van der Waals surface area contributed by atoms with Crippen LogP contribution in [0.2, 0.25) is 0 Å². The van der Waals surface area contributed by atoms with Crippen LogP contribution in [0, 0.1) is 5.92 Å². The van der Waals surface area contributed by atoms with Crippen LogP contribution >= 0.6 is 0 Å². The van der Waals surface area contributed by atoms with Crippen molar-refractivity contribution in [1.29, 1.82) is 0 Å². The van der Waals surface area contributed by atoms with Crippen molar-refractivity contribution in [2.24, 2.45) is 5.92 Å². The Hall–Kier alpha value is -1.51. The largest absolute Gasteiger partial charge is 0.382 e. The van der Waals surface area contributed by atoms with Gasteiger partial charge in [-0.05, 0) is 31.9 Å².